The summed E-state index contributed by atoms with van der Waals surface area (Å²) in [5, 5.41) is 45.0. The van der Waals surface area contributed by atoms with Gasteiger partial charge in [-0.3, -0.25) is 38.4 Å². The van der Waals surface area contributed by atoms with E-state index in [-0.39, 0.29) is 57.7 Å². The largest absolute Gasteiger partial charge is 0.481 e. The third-order valence-electron chi connectivity index (χ3n) is 12.2. The molecule has 15 N–H and O–H groups in total. The van der Waals surface area contributed by atoms with E-state index < -0.39 is 115 Å². The SMILES string of the molecule is CC[C@H](C)[C@H](N)C(=O)N[C@@H](CC(=O)O)C(=O)N[C@@H](CCCCN)C(=O)N[C@@H](Cc1ccccc1)C(=O)N1CCC[C@H]1C(=O)N[C@@H](CO)C(=O)N[C@@H](CCCCN)C(=O)N[C@@H](Cc1ccccc1)C(=O)O. The zero-order valence-corrected chi connectivity index (χ0v) is 40.0. The van der Waals surface area contributed by atoms with Crippen LogP contribution in [0.5, 0.6) is 0 Å². The number of nitrogens with one attached hydrogen (secondary N) is 6. The van der Waals surface area contributed by atoms with Crippen LogP contribution in [0.15, 0.2) is 60.7 Å². The quantitative estimate of drug-likeness (QED) is 0.0385. The Hall–Kier alpha value is -6.49. The van der Waals surface area contributed by atoms with Crippen molar-refractivity contribution in [1.29, 1.82) is 0 Å². The minimum Gasteiger partial charge on any atom is -0.481 e. The van der Waals surface area contributed by atoms with Crippen molar-refractivity contribution in [2.24, 2.45) is 23.1 Å². The van der Waals surface area contributed by atoms with Crippen molar-refractivity contribution in [1.82, 2.24) is 36.8 Å². The highest BCUT2D eigenvalue weighted by Crippen LogP contribution is 2.21. The fourth-order valence-electron chi connectivity index (χ4n) is 7.84. The third-order valence-corrected chi connectivity index (χ3v) is 12.2. The zero-order chi connectivity index (χ0) is 51.8. The van der Waals surface area contributed by atoms with E-state index in [0.29, 0.717) is 49.7 Å². The number of aliphatic hydroxyl groups excluding tert-OH is 1. The van der Waals surface area contributed by atoms with Gasteiger partial charge in [0.1, 0.15) is 42.3 Å². The lowest BCUT2D eigenvalue weighted by Gasteiger charge is -2.31. The summed E-state index contributed by atoms with van der Waals surface area (Å²) in [6.07, 6.45) is 1.82. The summed E-state index contributed by atoms with van der Waals surface area (Å²) in [4.78, 5) is 122. The molecule has 0 saturated carbocycles. The van der Waals surface area contributed by atoms with Gasteiger partial charge in [-0.25, -0.2) is 4.79 Å². The zero-order valence-electron chi connectivity index (χ0n) is 40.0. The number of rotatable bonds is 31. The molecule has 1 heterocycles. The molecule has 0 radical (unpaired) electrons. The van der Waals surface area contributed by atoms with Gasteiger partial charge in [-0.2, -0.15) is 0 Å². The average Bonchev–Trinajstić information content (AvgIpc) is 3.84. The number of carbonyl (C=O) groups is 9. The van der Waals surface area contributed by atoms with E-state index >= 15 is 0 Å². The van der Waals surface area contributed by atoms with Crippen LogP contribution in [0.3, 0.4) is 0 Å². The smallest absolute Gasteiger partial charge is 0.326 e. The van der Waals surface area contributed by atoms with Crippen molar-refractivity contribution in [3.63, 3.8) is 0 Å². The Balaban J connectivity index is 1.83. The maximum Gasteiger partial charge on any atom is 0.326 e. The first kappa shape index (κ1) is 57.8. The Morgan fingerprint density at radius 1 is 0.629 bits per heavy atom. The van der Waals surface area contributed by atoms with Crippen molar-refractivity contribution < 1.29 is 58.5 Å². The van der Waals surface area contributed by atoms with Crippen molar-refractivity contribution in [3.8, 4) is 0 Å². The highest BCUT2D eigenvalue weighted by Gasteiger charge is 2.40. The van der Waals surface area contributed by atoms with Gasteiger partial charge in [0.2, 0.25) is 41.4 Å². The van der Waals surface area contributed by atoms with Gasteiger partial charge < -0.3 is 69.3 Å². The normalized spacial score (nSPS) is 16.7. The minimum absolute atomic E-state index is 0.0177. The Labute approximate surface area is 408 Å². The number of nitrogens with zero attached hydrogens (tertiary/aromatic N) is 1. The molecule has 2 aromatic rings. The van der Waals surface area contributed by atoms with Crippen molar-refractivity contribution >= 4 is 53.3 Å². The van der Waals surface area contributed by atoms with Crippen molar-refractivity contribution in [2.75, 3.05) is 26.2 Å². The number of hydrogen-bond donors (Lipinski definition) is 12. The number of amides is 7. The summed E-state index contributed by atoms with van der Waals surface area (Å²) in [7, 11) is 0. The Morgan fingerprint density at radius 2 is 1.09 bits per heavy atom. The van der Waals surface area contributed by atoms with E-state index in [1.165, 1.54) is 4.90 Å². The molecule has 0 unspecified atom stereocenters. The summed E-state index contributed by atoms with van der Waals surface area (Å²) in [5.74, 6) is -8.77. The fourth-order valence-corrected chi connectivity index (χ4v) is 7.84. The molecule has 9 atom stereocenters. The lowest BCUT2D eigenvalue weighted by molar-refractivity contribution is -0.143. The molecule has 3 rings (SSSR count). The molecule has 0 spiro atoms. The lowest BCUT2D eigenvalue weighted by atomic mass is 9.99. The number of unbranched alkanes of at least 4 members (excludes halogenated alkanes) is 2. The highest BCUT2D eigenvalue weighted by atomic mass is 16.4. The first-order valence-corrected chi connectivity index (χ1v) is 23.9. The Bertz CT molecular complexity index is 2050. The second-order valence-electron chi connectivity index (χ2n) is 17.5. The predicted octanol–water partition coefficient (Wildman–Crippen LogP) is -1.45. The fraction of sp³-hybridized carbons (Fsp3) is 0.562. The standard InChI is InChI=1S/C48H72N10O12/c1-3-29(2)40(51)46(67)54-34(27-39(60)61)43(64)52-32(19-10-12-22-49)41(62)55-35(25-30-15-6-4-7-16-30)47(68)58-24-14-21-38(58)45(66)57-37(28-59)44(65)53-33(20-11-13-23-50)42(63)56-36(48(69)70)26-31-17-8-5-9-18-31/h4-9,15-18,29,32-38,40,59H,3,10-14,19-28,49-51H2,1-2H3,(H,52,64)(H,53,65)(H,54,67)(H,55,62)(H,56,63)(H,57,66)(H,60,61)(H,69,70)/t29-,32-,33-,34-,35-,36-,37-,38-,40-/m0/s1. The van der Waals surface area contributed by atoms with Crippen LogP contribution in [0.2, 0.25) is 0 Å². The molecule has 0 aliphatic carbocycles. The first-order valence-electron chi connectivity index (χ1n) is 23.9. The van der Waals surface area contributed by atoms with Crippen LogP contribution in [0.25, 0.3) is 0 Å². The summed E-state index contributed by atoms with van der Waals surface area (Å²) in [5.41, 5.74) is 18.7. The maximum atomic E-state index is 14.6. The monoisotopic (exact) mass is 981 g/mol. The molecule has 1 aliphatic heterocycles. The van der Waals surface area contributed by atoms with Crippen molar-refractivity contribution in [3.05, 3.63) is 71.8 Å². The van der Waals surface area contributed by atoms with E-state index in [2.05, 4.69) is 31.9 Å². The van der Waals surface area contributed by atoms with E-state index in [9.17, 15) is 58.5 Å². The molecule has 0 aromatic heterocycles. The molecule has 7 amide bonds. The number of aliphatic carboxylic acids is 2. The second-order valence-corrected chi connectivity index (χ2v) is 17.5. The van der Waals surface area contributed by atoms with E-state index in [4.69, 9.17) is 17.2 Å². The van der Waals surface area contributed by atoms with E-state index in [0.717, 1.165) is 0 Å². The molecule has 22 heteroatoms. The molecule has 1 aliphatic rings. The van der Waals surface area contributed by atoms with Crippen LogP contribution >= 0.6 is 0 Å². The lowest BCUT2D eigenvalue weighted by Crippen LogP contribution is -2.60. The highest BCUT2D eigenvalue weighted by molar-refractivity contribution is 5.98. The summed E-state index contributed by atoms with van der Waals surface area (Å²) < 4.78 is 0. The second kappa shape index (κ2) is 30.2. The molecule has 22 nitrogen and oxygen atoms in total. The van der Waals surface area contributed by atoms with Gasteiger partial charge in [0.05, 0.1) is 19.1 Å². The Morgan fingerprint density at radius 3 is 1.56 bits per heavy atom. The number of carbonyl (C=O) groups excluding carboxylic acids is 7. The van der Waals surface area contributed by atoms with Crippen LogP contribution in [0, 0.1) is 5.92 Å². The van der Waals surface area contributed by atoms with Gasteiger partial charge >= 0.3 is 11.9 Å². The van der Waals surface area contributed by atoms with E-state index in [1.807, 2.05) is 6.92 Å². The van der Waals surface area contributed by atoms with Gasteiger partial charge in [0.15, 0.2) is 0 Å². The van der Waals surface area contributed by atoms with E-state index in [1.54, 1.807) is 67.6 Å². The summed E-state index contributed by atoms with van der Waals surface area (Å²) in [6.45, 7) is 3.24. The molecule has 70 heavy (non-hydrogen) atoms. The molecule has 1 fully saturated rings. The average molecular weight is 981 g/mol. The van der Waals surface area contributed by atoms with Crippen molar-refractivity contribution in [2.45, 2.75) is 139 Å². The van der Waals surface area contributed by atoms with Gasteiger partial charge in [0.25, 0.3) is 0 Å². The van der Waals surface area contributed by atoms with Crippen LogP contribution in [0.4, 0.5) is 0 Å². The number of aliphatic hydroxyl groups is 1. The first-order chi connectivity index (χ1) is 33.4. The summed E-state index contributed by atoms with van der Waals surface area (Å²) >= 11 is 0. The van der Waals surface area contributed by atoms with Crippen LogP contribution in [-0.4, -0.2) is 148 Å². The predicted molar refractivity (Wildman–Crippen MR) is 257 cm³/mol. The number of hydrogen-bond acceptors (Lipinski definition) is 13. The van der Waals surface area contributed by atoms with Gasteiger partial charge in [0, 0.05) is 19.4 Å². The minimum atomic E-state index is -1.60. The van der Waals surface area contributed by atoms with Gasteiger partial charge in [-0.05, 0) is 81.5 Å². The molecule has 386 valence electrons. The maximum absolute atomic E-state index is 14.6. The van der Waals surface area contributed by atoms with Crippen LogP contribution in [0.1, 0.15) is 89.2 Å². The number of carboxylic acid groups (broad SMARTS) is 2. The van der Waals surface area contributed by atoms with Gasteiger partial charge in [-0.1, -0.05) is 80.9 Å². The van der Waals surface area contributed by atoms with Crippen LogP contribution < -0.4 is 49.1 Å². The number of likely N-dealkylation sites (tertiary alicyclic amines) is 1. The van der Waals surface area contributed by atoms with Gasteiger partial charge in [-0.15, -0.1) is 0 Å². The summed E-state index contributed by atoms with van der Waals surface area (Å²) in [6, 6.07) is 6.61. The Kier molecular flexibility index (Phi) is 24.9. The molecular formula is C48H72N10O12. The molecule has 1 saturated heterocycles. The molecule has 0 bridgehead atoms. The molecule has 2 aromatic carbocycles. The topological polar surface area (TPSA) is 368 Å². The number of benzene rings is 2. The number of carboxylic acids is 2. The number of nitrogens with two attached hydrogens (primary N) is 3. The van der Waals surface area contributed by atoms with Crippen LogP contribution in [-0.2, 0) is 56.0 Å². The third kappa shape index (κ3) is 18.8. The molecular weight excluding hydrogens is 909 g/mol.